The third-order valence-electron chi connectivity index (χ3n) is 2.82. The highest BCUT2D eigenvalue weighted by molar-refractivity contribution is 5.40. The molecule has 0 bridgehead atoms. The molecule has 2 rings (SSSR count). The van der Waals surface area contributed by atoms with E-state index in [-0.39, 0.29) is 5.41 Å². The normalized spacial score (nSPS) is 15.1. The van der Waals surface area contributed by atoms with Crippen molar-refractivity contribution in [2.45, 2.75) is 39.5 Å². The molecule has 1 aromatic rings. The van der Waals surface area contributed by atoms with Crippen molar-refractivity contribution in [3.63, 3.8) is 0 Å². The lowest BCUT2D eigenvalue weighted by atomic mass is 9.85. The van der Waals surface area contributed by atoms with Crippen LogP contribution >= 0.6 is 0 Å². The van der Waals surface area contributed by atoms with Crippen molar-refractivity contribution >= 4 is 0 Å². The fourth-order valence-electron chi connectivity index (χ4n) is 1.70. The Hall–Kier alpha value is -1.06. The summed E-state index contributed by atoms with van der Waals surface area (Å²) in [5, 5.41) is 9.67. The molecule has 102 valence electrons. The van der Waals surface area contributed by atoms with Crippen molar-refractivity contribution in [3.8, 4) is 5.75 Å². The molecular formula is C15H24O3. The minimum absolute atomic E-state index is 0.0231. The van der Waals surface area contributed by atoms with Gasteiger partial charge in [-0.2, -0.15) is 0 Å². The van der Waals surface area contributed by atoms with E-state index in [9.17, 15) is 5.11 Å². The number of ether oxygens (including phenoxy) is 2. The van der Waals surface area contributed by atoms with Gasteiger partial charge in [-0.05, 0) is 29.0 Å². The van der Waals surface area contributed by atoms with E-state index in [4.69, 9.17) is 9.47 Å². The molecule has 0 radical (unpaired) electrons. The van der Waals surface area contributed by atoms with Crippen LogP contribution in [0.25, 0.3) is 0 Å². The number of hydrogen-bond acceptors (Lipinski definition) is 3. The van der Waals surface area contributed by atoms with Crippen molar-refractivity contribution in [3.05, 3.63) is 29.3 Å². The zero-order valence-electron chi connectivity index (χ0n) is 11.8. The molecule has 1 aliphatic heterocycles. The lowest BCUT2D eigenvalue weighted by Crippen LogP contribution is -2.11. The van der Waals surface area contributed by atoms with Gasteiger partial charge in [-0.1, -0.05) is 39.8 Å². The van der Waals surface area contributed by atoms with Gasteiger partial charge in [-0.15, -0.1) is 0 Å². The van der Waals surface area contributed by atoms with Crippen LogP contribution in [0.15, 0.2) is 18.2 Å². The van der Waals surface area contributed by atoms with Crippen molar-refractivity contribution < 1.29 is 14.6 Å². The lowest BCUT2D eigenvalue weighted by molar-refractivity contribution is 0.0692. The summed E-state index contributed by atoms with van der Waals surface area (Å²) in [5.74, 6) is 0.407. The molecule has 0 aliphatic carbocycles. The highest BCUT2D eigenvalue weighted by Gasteiger charge is 2.17. The second-order valence-electron chi connectivity index (χ2n) is 5.39. The highest BCUT2D eigenvalue weighted by Crippen LogP contribution is 2.31. The average Bonchev–Trinajstić information content (AvgIpc) is 2.86. The van der Waals surface area contributed by atoms with E-state index < -0.39 is 0 Å². The van der Waals surface area contributed by atoms with Gasteiger partial charge in [-0.25, -0.2) is 0 Å². The molecule has 1 saturated heterocycles. The number of benzene rings is 1. The smallest absolute Gasteiger partial charge is 0.146 e. The number of phenols is 1. The maximum atomic E-state index is 9.67. The molecule has 1 aromatic carbocycles. The standard InChI is InChI=1S/C12H18O.C3H6O2/c1-5-9-6-7-11(13)10(8-9)12(2,3)4;1-2-5-3-4-1/h6-8,13H,5H2,1-4H3;1-3H2. The number of aromatic hydroxyl groups is 1. The van der Waals surface area contributed by atoms with Crippen LogP contribution < -0.4 is 0 Å². The molecule has 1 heterocycles. The van der Waals surface area contributed by atoms with Crippen molar-refractivity contribution in [2.24, 2.45) is 0 Å². The number of rotatable bonds is 1. The van der Waals surface area contributed by atoms with Crippen LogP contribution in [-0.4, -0.2) is 25.1 Å². The predicted octanol–water partition coefficient (Wildman–Crippen LogP) is 3.24. The largest absolute Gasteiger partial charge is 0.508 e. The van der Waals surface area contributed by atoms with E-state index in [1.807, 2.05) is 6.07 Å². The highest BCUT2D eigenvalue weighted by atomic mass is 16.7. The first-order valence-corrected chi connectivity index (χ1v) is 6.43. The summed E-state index contributed by atoms with van der Waals surface area (Å²) in [6.45, 7) is 10.5. The van der Waals surface area contributed by atoms with E-state index in [1.54, 1.807) is 6.07 Å². The lowest BCUT2D eigenvalue weighted by Gasteiger charge is -2.21. The Bertz CT molecular complexity index is 355. The van der Waals surface area contributed by atoms with Crippen LogP contribution in [0, 0.1) is 0 Å². The van der Waals surface area contributed by atoms with Crippen LogP contribution in [0.5, 0.6) is 5.75 Å². The first kappa shape index (κ1) is 15.0. The van der Waals surface area contributed by atoms with Crippen LogP contribution in [0.3, 0.4) is 0 Å². The number of aryl methyl sites for hydroxylation is 1. The van der Waals surface area contributed by atoms with Crippen molar-refractivity contribution in [1.82, 2.24) is 0 Å². The molecule has 0 amide bonds. The number of phenolic OH excluding ortho intramolecular Hbond substituents is 1. The number of hydrogen-bond donors (Lipinski definition) is 1. The molecule has 0 saturated carbocycles. The summed E-state index contributed by atoms with van der Waals surface area (Å²) in [6.07, 6.45) is 1.02. The zero-order chi connectivity index (χ0) is 13.6. The Morgan fingerprint density at radius 1 is 1.17 bits per heavy atom. The molecule has 0 aromatic heterocycles. The maximum absolute atomic E-state index is 9.67. The molecule has 3 nitrogen and oxygen atoms in total. The second-order valence-corrected chi connectivity index (χ2v) is 5.39. The Balaban J connectivity index is 0.000000269. The molecule has 3 heteroatoms. The van der Waals surface area contributed by atoms with Gasteiger partial charge >= 0.3 is 0 Å². The molecule has 18 heavy (non-hydrogen) atoms. The Labute approximate surface area is 110 Å². The third kappa shape index (κ3) is 4.67. The zero-order valence-corrected chi connectivity index (χ0v) is 11.8. The van der Waals surface area contributed by atoms with E-state index in [1.165, 1.54) is 5.56 Å². The molecule has 0 atom stereocenters. The minimum atomic E-state index is 0.0231. The summed E-state index contributed by atoms with van der Waals surface area (Å²) < 4.78 is 9.44. The molecular weight excluding hydrogens is 228 g/mol. The van der Waals surface area contributed by atoms with Gasteiger partial charge in [0, 0.05) is 0 Å². The van der Waals surface area contributed by atoms with Crippen molar-refractivity contribution in [2.75, 3.05) is 20.0 Å². The fraction of sp³-hybridized carbons (Fsp3) is 0.600. The SMILES string of the molecule is C1COCO1.CCc1ccc(O)c(C(C)(C)C)c1. The molecule has 1 N–H and O–H groups in total. The van der Waals surface area contributed by atoms with Gasteiger partial charge in [0.1, 0.15) is 12.5 Å². The van der Waals surface area contributed by atoms with Crippen LogP contribution in [0.4, 0.5) is 0 Å². The van der Waals surface area contributed by atoms with Gasteiger partial charge in [0.15, 0.2) is 0 Å². The van der Waals surface area contributed by atoms with E-state index in [0.29, 0.717) is 12.5 Å². The summed E-state index contributed by atoms with van der Waals surface area (Å²) in [6, 6.07) is 5.86. The first-order valence-electron chi connectivity index (χ1n) is 6.43. The summed E-state index contributed by atoms with van der Waals surface area (Å²) >= 11 is 0. The maximum Gasteiger partial charge on any atom is 0.146 e. The summed E-state index contributed by atoms with van der Waals surface area (Å²) in [4.78, 5) is 0. The summed E-state index contributed by atoms with van der Waals surface area (Å²) in [7, 11) is 0. The molecule has 0 spiro atoms. The topological polar surface area (TPSA) is 38.7 Å². The van der Waals surface area contributed by atoms with Crippen LogP contribution in [0.2, 0.25) is 0 Å². The van der Waals surface area contributed by atoms with Gasteiger partial charge in [0.25, 0.3) is 0 Å². The van der Waals surface area contributed by atoms with E-state index in [2.05, 4.69) is 33.8 Å². The summed E-state index contributed by atoms with van der Waals surface area (Å²) in [5.41, 5.74) is 2.34. The quantitative estimate of drug-likeness (QED) is 0.834. The van der Waals surface area contributed by atoms with Gasteiger partial charge in [0.05, 0.1) is 13.2 Å². The third-order valence-corrected chi connectivity index (χ3v) is 2.82. The van der Waals surface area contributed by atoms with Gasteiger partial charge in [0.2, 0.25) is 0 Å². The van der Waals surface area contributed by atoms with Gasteiger partial charge in [-0.3, -0.25) is 0 Å². The Morgan fingerprint density at radius 3 is 2.17 bits per heavy atom. The van der Waals surface area contributed by atoms with Crippen LogP contribution in [-0.2, 0) is 21.3 Å². The van der Waals surface area contributed by atoms with E-state index in [0.717, 1.165) is 25.2 Å². The second kappa shape index (κ2) is 6.76. The monoisotopic (exact) mass is 252 g/mol. The molecule has 0 unspecified atom stereocenters. The van der Waals surface area contributed by atoms with E-state index >= 15 is 0 Å². The fourth-order valence-corrected chi connectivity index (χ4v) is 1.70. The first-order chi connectivity index (χ1) is 8.45. The van der Waals surface area contributed by atoms with Gasteiger partial charge < -0.3 is 14.6 Å². The van der Waals surface area contributed by atoms with Crippen LogP contribution in [0.1, 0.15) is 38.8 Å². The Kier molecular flexibility index (Phi) is 5.63. The minimum Gasteiger partial charge on any atom is -0.508 e. The predicted molar refractivity (Wildman–Crippen MR) is 73.0 cm³/mol. The van der Waals surface area contributed by atoms with Crippen molar-refractivity contribution in [1.29, 1.82) is 0 Å². The average molecular weight is 252 g/mol. The molecule has 1 aliphatic rings. The Morgan fingerprint density at radius 2 is 1.78 bits per heavy atom. The molecule has 1 fully saturated rings.